The third-order valence-electron chi connectivity index (χ3n) is 5.64. The topological polar surface area (TPSA) is 12.9 Å². The Hall–Kier alpha value is -2.28. The fraction of sp³-hybridized carbons (Fsp3) is 0.160. The van der Waals surface area contributed by atoms with Gasteiger partial charge in [-0.1, -0.05) is 79.1 Å². The van der Waals surface area contributed by atoms with E-state index in [4.69, 9.17) is 4.98 Å². The van der Waals surface area contributed by atoms with Gasteiger partial charge < -0.3 is 0 Å². The Morgan fingerprint density at radius 1 is 0.852 bits per heavy atom. The fourth-order valence-electron chi connectivity index (χ4n) is 4.15. The summed E-state index contributed by atoms with van der Waals surface area (Å²) >= 11 is 0. The van der Waals surface area contributed by atoms with Crippen molar-refractivity contribution in [3.8, 4) is 22.4 Å². The minimum absolute atomic E-state index is 0. The van der Waals surface area contributed by atoms with Gasteiger partial charge in [-0.25, -0.2) is 0 Å². The molecule has 0 fully saturated rings. The van der Waals surface area contributed by atoms with Crippen molar-refractivity contribution < 1.29 is 20.1 Å². The zero-order valence-corrected chi connectivity index (χ0v) is 18.0. The smallest absolute Gasteiger partial charge is 0.0595 e. The first-order valence-electron chi connectivity index (χ1n) is 9.08. The molecule has 1 aliphatic carbocycles. The Morgan fingerprint density at radius 3 is 2.48 bits per heavy atom. The molecule has 0 bridgehead atoms. The van der Waals surface area contributed by atoms with Crippen LogP contribution >= 0.6 is 0 Å². The Bertz CT molecular complexity index is 1170. The largest absolute Gasteiger partial charge is 0.296 e. The van der Waals surface area contributed by atoms with Crippen LogP contribution in [0.4, 0.5) is 0 Å². The standard InChI is InChI=1S/C25H20N.Ir/c1-16-8-11-19-20-12-9-18(15-22(20)25(2,3)21(19)14-16)24-13-10-17-6-4-5-7-23(17)26-24;/h4-8,10-15H,1-3H3;/q-1;. The van der Waals surface area contributed by atoms with Crippen LogP contribution in [-0.2, 0) is 25.5 Å². The van der Waals surface area contributed by atoms with Crippen molar-refractivity contribution in [1.82, 2.24) is 4.98 Å². The van der Waals surface area contributed by atoms with Crippen LogP contribution in [0.25, 0.3) is 33.3 Å². The van der Waals surface area contributed by atoms with Gasteiger partial charge in [-0.15, -0.1) is 29.3 Å². The molecule has 1 heterocycles. The molecule has 27 heavy (non-hydrogen) atoms. The van der Waals surface area contributed by atoms with Gasteiger partial charge in [0.05, 0.1) is 5.52 Å². The zero-order chi connectivity index (χ0) is 17.9. The van der Waals surface area contributed by atoms with Gasteiger partial charge in [0.2, 0.25) is 0 Å². The molecule has 0 spiro atoms. The predicted molar refractivity (Wildman–Crippen MR) is 108 cm³/mol. The minimum Gasteiger partial charge on any atom is -0.296 e. The minimum atomic E-state index is -0.00259. The summed E-state index contributed by atoms with van der Waals surface area (Å²) in [7, 11) is 0. The van der Waals surface area contributed by atoms with Crippen molar-refractivity contribution in [2.75, 3.05) is 0 Å². The van der Waals surface area contributed by atoms with Gasteiger partial charge in [0.1, 0.15) is 0 Å². The molecule has 0 unspecified atom stereocenters. The molecule has 0 saturated carbocycles. The fourth-order valence-corrected chi connectivity index (χ4v) is 4.15. The molecular formula is C25H20IrN-. The van der Waals surface area contributed by atoms with Crippen LogP contribution in [0.15, 0.2) is 66.7 Å². The van der Waals surface area contributed by atoms with Crippen LogP contribution in [0.5, 0.6) is 0 Å². The summed E-state index contributed by atoms with van der Waals surface area (Å²) in [4.78, 5) is 4.85. The number of aryl methyl sites for hydroxylation is 1. The maximum atomic E-state index is 4.85. The van der Waals surface area contributed by atoms with Crippen LogP contribution in [-0.4, -0.2) is 4.98 Å². The number of benzene rings is 3. The first kappa shape index (κ1) is 18.1. The molecule has 0 saturated heterocycles. The van der Waals surface area contributed by atoms with Gasteiger partial charge in [-0.05, 0) is 35.0 Å². The Balaban J connectivity index is 0.00000180. The second-order valence-electron chi connectivity index (χ2n) is 7.74. The number of rotatable bonds is 1. The summed E-state index contributed by atoms with van der Waals surface area (Å²) in [6.07, 6.45) is 0. The summed E-state index contributed by atoms with van der Waals surface area (Å²) in [5.41, 5.74) is 9.78. The van der Waals surface area contributed by atoms with Crippen molar-refractivity contribution in [3.05, 3.63) is 89.5 Å². The number of pyridine rings is 1. The van der Waals surface area contributed by atoms with Crippen LogP contribution in [0.2, 0.25) is 0 Å². The number of para-hydroxylation sites is 1. The van der Waals surface area contributed by atoms with Crippen LogP contribution < -0.4 is 0 Å². The molecule has 5 rings (SSSR count). The SMILES string of the molecule is Cc1ccc2c(c1)C(C)(C)c1cc(-c3ccc4ccccc4n3)[c-]cc1-2.[Ir]. The normalized spacial score (nSPS) is 13.7. The van der Waals surface area contributed by atoms with Crippen LogP contribution in [0, 0.1) is 13.0 Å². The van der Waals surface area contributed by atoms with Crippen LogP contribution in [0.1, 0.15) is 30.5 Å². The molecule has 1 aliphatic rings. The Labute approximate surface area is 173 Å². The van der Waals surface area contributed by atoms with E-state index in [0.29, 0.717) is 0 Å². The summed E-state index contributed by atoms with van der Waals surface area (Å²) in [5.74, 6) is 0. The average Bonchev–Trinajstić information content (AvgIpc) is 2.88. The molecule has 0 atom stereocenters. The maximum absolute atomic E-state index is 4.85. The first-order valence-corrected chi connectivity index (χ1v) is 9.08. The Kier molecular flexibility index (Phi) is 4.29. The quantitative estimate of drug-likeness (QED) is 0.265. The van der Waals surface area contributed by atoms with E-state index < -0.39 is 0 Å². The number of hydrogen-bond donors (Lipinski definition) is 0. The monoisotopic (exact) mass is 527 g/mol. The van der Waals surface area contributed by atoms with E-state index in [-0.39, 0.29) is 25.5 Å². The molecule has 1 nitrogen and oxygen atoms in total. The molecule has 3 aromatic carbocycles. The number of aromatic nitrogens is 1. The van der Waals surface area contributed by atoms with Crippen LogP contribution in [0.3, 0.4) is 0 Å². The van der Waals surface area contributed by atoms with Crippen molar-refractivity contribution in [2.45, 2.75) is 26.2 Å². The summed E-state index contributed by atoms with van der Waals surface area (Å²) in [6, 6.07) is 27.2. The first-order chi connectivity index (χ1) is 12.5. The summed E-state index contributed by atoms with van der Waals surface area (Å²) in [5, 5.41) is 1.17. The third kappa shape index (κ3) is 2.76. The number of nitrogens with zero attached hydrogens (tertiary/aromatic N) is 1. The number of hydrogen-bond acceptors (Lipinski definition) is 1. The van der Waals surface area contributed by atoms with E-state index >= 15 is 0 Å². The van der Waals surface area contributed by atoms with Crippen molar-refractivity contribution >= 4 is 10.9 Å². The van der Waals surface area contributed by atoms with Gasteiger partial charge in [0.15, 0.2) is 0 Å². The van der Waals surface area contributed by atoms with Gasteiger partial charge >= 0.3 is 0 Å². The molecule has 2 heteroatoms. The van der Waals surface area contributed by atoms with Crippen molar-refractivity contribution in [3.63, 3.8) is 0 Å². The second kappa shape index (κ2) is 6.41. The maximum Gasteiger partial charge on any atom is 0.0595 e. The van der Waals surface area contributed by atoms with E-state index in [1.54, 1.807) is 0 Å². The molecule has 4 aromatic rings. The van der Waals surface area contributed by atoms with E-state index in [2.05, 4.69) is 81.4 Å². The average molecular weight is 527 g/mol. The van der Waals surface area contributed by atoms with E-state index in [9.17, 15) is 0 Å². The molecule has 1 radical (unpaired) electrons. The van der Waals surface area contributed by atoms with Gasteiger partial charge in [-0.3, -0.25) is 4.98 Å². The second-order valence-corrected chi connectivity index (χ2v) is 7.74. The molecule has 135 valence electrons. The van der Waals surface area contributed by atoms with E-state index in [1.807, 2.05) is 12.1 Å². The number of fused-ring (bicyclic) bond motifs is 4. The Morgan fingerprint density at radius 2 is 1.63 bits per heavy atom. The van der Waals surface area contributed by atoms with Gasteiger partial charge in [0.25, 0.3) is 0 Å². The molecule has 0 aliphatic heterocycles. The van der Waals surface area contributed by atoms with Gasteiger partial charge in [0, 0.05) is 20.1 Å². The third-order valence-corrected chi connectivity index (χ3v) is 5.64. The predicted octanol–water partition coefficient (Wildman–Crippen LogP) is 6.31. The van der Waals surface area contributed by atoms with E-state index in [0.717, 1.165) is 16.8 Å². The van der Waals surface area contributed by atoms with Crippen molar-refractivity contribution in [1.29, 1.82) is 0 Å². The van der Waals surface area contributed by atoms with E-state index in [1.165, 1.54) is 33.2 Å². The molecule has 1 aromatic heterocycles. The summed E-state index contributed by atoms with van der Waals surface area (Å²) in [6.45, 7) is 6.79. The molecular weight excluding hydrogens is 506 g/mol. The van der Waals surface area contributed by atoms with Gasteiger partial charge in [-0.2, -0.15) is 0 Å². The van der Waals surface area contributed by atoms with Crippen molar-refractivity contribution in [2.24, 2.45) is 0 Å². The molecule has 0 amide bonds. The summed E-state index contributed by atoms with van der Waals surface area (Å²) < 4.78 is 0. The molecule has 0 N–H and O–H groups in total. The zero-order valence-electron chi connectivity index (χ0n) is 15.6.